The highest BCUT2D eigenvalue weighted by Gasteiger charge is 2.42. The number of aromatic nitrogens is 2. The lowest BCUT2D eigenvalue weighted by Crippen LogP contribution is -2.31. The van der Waals surface area contributed by atoms with Gasteiger partial charge in [0.1, 0.15) is 17.1 Å². The van der Waals surface area contributed by atoms with Crippen LogP contribution in [0.2, 0.25) is 0 Å². The summed E-state index contributed by atoms with van der Waals surface area (Å²) in [4.78, 5) is 15.7. The summed E-state index contributed by atoms with van der Waals surface area (Å²) in [5.74, 6) is 2.39. The number of rotatable bonds is 9. The molecule has 0 spiro atoms. The van der Waals surface area contributed by atoms with Gasteiger partial charge in [0.05, 0.1) is 34.5 Å². The Morgan fingerprint density at radius 3 is 2.20 bits per heavy atom. The van der Waals surface area contributed by atoms with E-state index in [9.17, 15) is 9.90 Å². The van der Waals surface area contributed by atoms with Crippen molar-refractivity contribution in [2.24, 2.45) is 0 Å². The van der Waals surface area contributed by atoms with Crippen LogP contribution < -0.4 is 18.9 Å². The van der Waals surface area contributed by atoms with Gasteiger partial charge in [0.25, 0.3) is 5.91 Å². The second-order valence-corrected chi connectivity index (χ2v) is 9.79. The third-order valence-electron chi connectivity index (χ3n) is 7.38. The Morgan fingerprint density at radius 1 is 0.875 bits per heavy atom. The minimum atomic E-state index is -0.476. The van der Waals surface area contributed by atoms with Crippen LogP contribution in [0.25, 0.3) is 11.3 Å². The molecule has 0 aliphatic carbocycles. The summed E-state index contributed by atoms with van der Waals surface area (Å²) < 4.78 is 21.9. The number of H-pyrrole nitrogens is 1. The molecule has 0 bridgehead atoms. The first kappa shape index (κ1) is 26.9. The fourth-order valence-corrected chi connectivity index (χ4v) is 5.43. The van der Waals surface area contributed by atoms with Crippen LogP contribution in [-0.2, 0) is 6.42 Å². The van der Waals surface area contributed by atoms with Crippen LogP contribution in [-0.4, -0.2) is 61.1 Å². The van der Waals surface area contributed by atoms with Crippen LogP contribution in [0.5, 0.6) is 28.7 Å². The van der Waals surface area contributed by atoms with Gasteiger partial charge in [0.15, 0.2) is 23.0 Å². The predicted octanol–water partition coefficient (Wildman–Crippen LogP) is 5.22. The zero-order chi connectivity index (χ0) is 28.6. The van der Waals surface area contributed by atoms with Crippen LogP contribution in [0, 0.1) is 13.8 Å². The van der Waals surface area contributed by atoms with Gasteiger partial charge in [-0.1, -0.05) is 18.2 Å². The maximum atomic E-state index is 13.9. The van der Waals surface area contributed by atoms with Gasteiger partial charge in [-0.25, -0.2) is 0 Å². The van der Waals surface area contributed by atoms with Gasteiger partial charge >= 0.3 is 0 Å². The molecule has 0 radical (unpaired) electrons. The summed E-state index contributed by atoms with van der Waals surface area (Å²) in [6.07, 6.45) is 0.581. The molecule has 1 amide bonds. The Labute approximate surface area is 233 Å². The van der Waals surface area contributed by atoms with E-state index in [1.165, 1.54) is 0 Å². The number of hydrogen-bond donors (Lipinski definition) is 2. The van der Waals surface area contributed by atoms with Crippen molar-refractivity contribution in [2.75, 3.05) is 35.0 Å². The van der Waals surface area contributed by atoms with Gasteiger partial charge in [-0.3, -0.25) is 9.89 Å². The van der Waals surface area contributed by atoms with Crippen LogP contribution in [0.1, 0.15) is 44.3 Å². The maximum absolute atomic E-state index is 13.9. The Bertz CT molecular complexity index is 1580. The van der Waals surface area contributed by atoms with Gasteiger partial charge in [0, 0.05) is 17.7 Å². The standard InChI is InChI=1S/C31H33N3O6/c1-17-13-18(2)30(35)21(14-17)27-26-28(33-32-27)31(36)34(12-11-19-7-9-22(37-3)24(15-19)39-5)29(26)20-8-10-23(38-4)25(16-20)40-6/h7-10,13-16,29,35H,11-12H2,1-6H3,(H,32,33). The summed E-state index contributed by atoms with van der Waals surface area (Å²) in [6, 6.07) is 14.7. The number of aromatic hydroxyl groups is 1. The molecule has 9 heteroatoms. The second-order valence-electron chi connectivity index (χ2n) is 9.79. The van der Waals surface area contributed by atoms with E-state index < -0.39 is 6.04 Å². The molecule has 0 saturated carbocycles. The molecule has 0 saturated heterocycles. The van der Waals surface area contributed by atoms with Crippen molar-refractivity contribution in [3.05, 3.63) is 82.0 Å². The largest absolute Gasteiger partial charge is 0.507 e. The first-order valence-corrected chi connectivity index (χ1v) is 12.9. The van der Waals surface area contributed by atoms with E-state index in [0.29, 0.717) is 58.5 Å². The average molecular weight is 544 g/mol. The van der Waals surface area contributed by atoms with Gasteiger partial charge < -0.3 is 29.0 Å². The fourth-order valence-electron chi connectivity index (χ4n) is 5.43. The number of phenols is 1. The second kappa shape index (κ2) is 10.8. The summed E-state index contributed by atoms with van der Waals surface area (Å²) in [5, 5.41) is 18.5. The molecule has 1 aromatic heterocycles. The summed E-state index contributed by atoms with van der Waals surface area (Å²) in [5.41, 5.74) is 5.80. The predicted molar refractivity (Wildman–Crippen MR) is 151 cm³/mol. The summed E-state index contributed by atoms with van der Waals surface area (Å²) in [6.45, 7) is 4.24. The van der Waals surface area contributed by atoms with Crippen molar-refractivity contribution in [3.8, 4) is 40.0 Å². The highest BCUT2D eigenvalue weighted by Crippen LogP contribution is 2.46. The fraction of sp³-hybridized carbons (Fsp3) is 0.290. The number of phenolic OH excluding ortho intramolecular Hbond substituents is 1. The number of carbonyl (C=O) groups excluding carboxylic acids is 1. The lowest BCUT2D eigenvalue weighted by atomic mass is 9.93. The average Bonchev–Trinajstić information content (AvgIpc) is 3.51. The van der Waals surface area contributed by atoms with E-state index in [1.54, 1.807) is 28.4 Å². The van der Waals surface area contributed by atoms with Crippen LogP contribution >= 0.6 is 0 Å². The molecular weight excluding hydrogens is 510 g/mol. The SMILES string of the molecule is COc1ccc(CCN2C(=O)c3[nH]nc(-c4cc(C)cc(C)c4O)c3C2c2ccc(OC)c(OC)c2)cc1OC. The first-order valence-electron chi connectivity index (χ1n) is 12.9. The van der Waals surface area contributed by atoms with E-state index in [0.717, 1.165) is 22.3 Å². The molecule has 5 rings (SSSR count). The Balaban J connectivity index is 1.61. The summed E-state index contributed by atoms with van der Waals surface area (Å²) in [7, 11) is 6.36. The van der Waals surface area contributed by atoms with Crippen molar-refractivity contribution in [3.63, 3.8) is 0 Å². The summed E-state index contributed by atoms with van der Waals surface area (Å²) >= 11 is 0. The minimum Gasteiger partial charge on any atom is -0.507 e. The van der Waals surface area contributed by atoms with Crippen LogP contribution in [0.3, 0.4) is 0 Å². The number of nitrogens with one attached hydrogen (secondary N) is 1. The third kappa shape index (κ3) is 4.57. The maximum Gasteiger partial charge on any atom is 0.273 e. The van der Waals surface area contributed by atoms with Crippen LogP contribution in [0.15, 0.2) is 48.5 Å². The van der Waals surface area contributed by atoms with Gasteiger partial charge in [-0.2, -0.15) is 5.10 Å². The molecule has 1 unspecified atom stereocenters. The third-order valence-corrected chi connectivity index (χ3v) is 7.38. The zero-order valence-corrected chi connectivity index (χ0v) is 23.5. The quantitative estimate of drug-likeness (QED) is 0.298. The molecule has 2 N–H and O–H groups in total. The van der Waals surface area contributed by atoms with E-state index in [-0.39, 0.29) is 11.7 Å². The molecule has 2 heterocycles. The molecule has 4 aromatic rings. The van der Waals surface area contributed by atoms with E-state index in [1.807, 2.05) is 67.3 Å². The number of ether oxygens (including phenoxy) is 4. The molecular formula is C31H33N3O6. The minimum absolute atomic E-state index is 0.141. The Hall–Kier alpha value is -4.66. The number of fused-ring (bicyclic) bond motifs is 1. The zero-order valence-electron chi connectivity index (χ0n) is 23.5. The smallest absolute Gasteiger partial charge is 0.273 e. The molecule has 3 aromatic carbocycles. The highest BCUT2D eigenvalue weighted by atomic mass is 16.5. The number of amides is 1. The van der Waals surface area contributed by atoms with E-state index in [4.69, 9.17) is 18.9 Å². The van der Waals surface area contributed by atoms with Gasteiger partial charge in [0.2, 0.25) is 0 Å². The molecule has 40 heavy (non-hydrogen) atoms. The Morgan fingerprint density at radius 2 is 1.52 bits per heavy atom. The lowest BCUT2D eigenvalue weighted by Gasteiger charge is -2.27. The number of aromatic amines is 1. The van der Waals surface area contributed by atoms with Crippen molar-refractivity contribution in [2.45, 2.75) is 26.3 Å². The van der Waals surface area contributed by atoms with E-state index >= 15 is 0 Å². The molecule has 9 nitrogen and oxygen atoms in total. The number of methoxy groups -OCH3 is 4. The molecule has 0 fully saturated rings. The van der Waals surface area contributed by atoms with Crippen molar-refractivity contribution < 1.29 is 28.8 Å². The number of hydrogen-bond acceptors (Lipinski definition) is 7. The monoisotopic (exact) mass is 543 g/mol. The molecule has 1 aliphatic heterocycles. The lowest BCUT2D eigenvalue weighted by molar-refractivity contribution is 0.0745. The first-order chi connectivity index (χ1) is 19.3. The van der Waals surface area contributed by atoms with Gasteiger partial charge in [-0.05, 0) is 72.9 Å². The number of carbonyl (C=O) groups is 1. The normalized spacial score (nSPS) is 14.3. The number of aryl methyl sites for hydroxylation is 2. The molecule has 208 valence electrons. The molecule has 1 aliphatic rings. The topological polar surface area (TPSA) is 106 Å². The van der Waals surface area contributed by atoms with E-state index in [2.05, 4.69) is 10.2 Å². The van der Waals surface area contributed by atoms with Crippen molar-refractivity contribution >= 4 is 5.91 Å². The van der Waals surface area contributed by atoms with Crippen molar-refractivity contribution in [1.29, 1.82) is 0 Å². The number of nitrogens with zero attached hydrogens (tertiary/aromatic N) is 2. The molecule has 1 atom stereocenters. The number of benzene rings is 3. The van der Waals surface area contributed by atoms with Crippen molar-refractivity contribution in [1.82, 2.24) is 15.1 Å². The Kier molecular flexibility index (Phi) is 7.30. The van der Waals surface area contributed by atoms with Gasteiger partial charge in [-0.15, -0.1) is 0 Å². The van der Waals surface area contributed by atoms with Crippen LogP contribution in [0.4, 0.5) is 0 Å². The highest BCUT2D eigenvalue weighted by molar-refractivity contribution is 6.00.